The van der Waals surface area contributed by atoms with Crippen molar-refractivity contribution < 1.29 is 22.7 Å². The highest BCUT2D eigenvalue weighted by Gasteiger charge is 2.25. The molecule has 6 nitrogen and oxygen atoms in total. The lowest BCUT2D eigenvalue weighted by Gasteiger charge is -2.16. The Morgan fingerprint density at radius 3 is 2.23 bits per heavy atom. The molecular formula is C15H23NO5S. The van der Waals surface area contributed by atoms with Gasteiger partial charge in [-0.25, -0.2) is 8.42 Å². The third-order valence-electron chi connectivity index (χ3n) is 3.26. The summed E-state index contributed by atoms with van der Waals surface area (Å²) in [6.45, 7) is 5.11. The van der Waals surface area contributed by atoms with E-state index in [1.165, 1.54) is 27.2 Å². The van der Waals surface area contributed by atoms with Gasteiger partial charge >= 0.3 is 0 Å². The number of ether oxygens (including phenoxy) is 2. The second kappa shape index (κ2) is 7.49. The molecule has 0 saturated carbocycles. The van der Waals surface area contributed by atoms with E-state index in [-0.39, 0.29) is 16.6 Å². The molecule has 1 aromatic rings. The van der Waals surface area contributed by atoms with Gasteiger partial charge in [-0.05, 0) is 31.9 Å². The Kier molecular flexibility index (Phi) is 6.22. The zero-order valence-electron chi connectivity index (χ0n) is 13.6. The Morgan fingerprint density at radius 1 is 1.18 bits per heavy atom. The molecule has 0 atom stereocenters. The first-order chi connectivity index (χ1) is 10.2. The minimum Gasteiger partial charge on any atom is -0.496 e. The minimum absolute atomic E-state index is 0.116. The molecule has 1 rings (SSSR count). The predicted octanol–water partition coefficient (Wildman–Crippen LogP) is 1.56. The van der Waals surface area contributed by atoms with Crippen molar-refractivity contribution in [3.63, 3.8) is 0 Å². The van der Waals surface area contributed by atoms with Gasteiger partial charge in [0.1, 0.15) is 16.4 Å². The molecule has 0 spiro atoms. The van der Waals surface area contributed by atoms with E-state index in [4.69, 9.17) is 9.47 Å². The number of nitrogens with one attached hydrogen (secondary N) is 1. The topological polar surface area (TPSA) is 81.7 Å². The molecule has 0 unspecified atom stereocenters. The van der Waals surface area contributed by atoms with Gasteiger partial charge in [-0.15, -0.1) is 0 Å². The van der Waals surface area contributed by atoms with Crippen LogP contribution in [0.1, 0.15) is 26.3 Å². The van der Waals surface area contributed by atoms with Crippen molar-refractivity contribution in [2.75, 3.05) is 20.8 Å². The predicted molar refractivity (Wildman–Crippen MR) is 84.3 cm³/mol. The number of methoxy groups -OCH3 is 2. The fourth-order valence-corrected chi connectivity index (χ4v) is 3.18. The number of amides is 1. The van der Waals surface area contributed by atoms with Crippen molar-refractivity contribution in [1.29, 1.82) is 0 Å². The lowest BCUT2D eigenvalue weighted by molar-refractivity contribution is -0.118. The molecular weight excluding hydrogens is 306 g/mol. The average molecular weight is 329 g/mol. The van der Waals surface area contributed by atoms with Gasteiger partial charge in [0.25, 0.3) is 0 Å². The summed E-state index contributed by atoms with van der Waals surface area (Å²) in [5.74, 6) is 0.627. The molecule has 0 aromatic heterocycles. The van der Waals surface area contributed by atoms with Gasteiger partial charge in [0, 0.05) is 19.5 Å². The van der Waals surface area contributed by atoms with E-state index in [9.17, 15) is 13.2 Å². The molecule has 0 saturated heterocycles. The maximum Gasteiger partial charge on any atom is 0.216 e. The molecule has 1 N–H and O–H groups in total. The summed E-state index contributed by atoms with van der Waals surface area (Å²) >= 11 is 0. The molecule has 7 heteroatoms. The molecule has 0 bridgehead atoms. The summed E-state index contributed by atoms with van der Waals surface area (Å²) in [5.41, 5.74) is 0.774. The van der Waals surface area contributed by atoms with Gasteiger partial charge in [0.2, 0.25) is 5.91 Å². The van der Waals surface area contributed by atoms with Crippen molar-refractivity contribution in [2.45, 2.75) is 37.3 Å². The van der Waals surface area contributed by atoms with Gasteiger partial charge in [-0.2, -0.15) is 0 Å². The first kappa shape index (κ1) is 18.3. The summed E-state index contributed by atoms with van der Waals surface area (Å²) in [5, 5.41) is 2.13. The monoisotopic (exact) mass is 329 g/mol. The molecule has 0 fully saturated rings. The van der Waals surface area contributed by atoms with E-state index in [1.807, 2.05) is 0 Å². The molecule has 0 radical (unpaired) electrons. The Hall–Kier alpha value is -1.76. The lowest BCUT2D eigenvalue weighted by atomic mass is 10.1. The van der Waals surface area contributed by atoms with Gasteiger partial charge in [0.05, 0.1) is 19.5 Å². The van der Waals surface area contributed by atoms with E-state index >= 15 is 0 Å². The van der Waals surface area contributed by atoms with Crippen LogP contribution in [0.15, 0.2) is 17.0 Å². The van der Waals surface area contributed by atoms with Gasteiger partial charge in [-0.3, -0.25) is 4.79 Å². The molecule has 1 aromatic carbocycles. The third-order valence-corrected chi connectivity index (χ3v) is 5.44. The Balaban J connectivity index is 3.26. The maximum absolute atomic E-state index is 12.4. The Morgan fingerprint density at radius 2 is 1.77 bits per heavy atom. The summed E-state index contributed by atoms with van der Waals surface area (Å²) in [4.78, 5) is 11.0. The van der Waals surface area contributed by atoms with Crippen LogP contribution in [0.3, 0.4) is 0 Å². The number of carbonyl (C=O) groups is 1. The van der Waals surface area contributed by atoms with Gasteiger partial charge in [0.15, 0.2) is 9.84 Å². The summed E-state index contributed by atoms with van der Waals surface area (Å²) < 4.78 is 35.3. The van der Waals surface area contributed by atoms with E-state index in [0.717, 1.165) is 5.56 Å². The van der Waals surface area contributed by atoms with Gasteiger partial charge in [-0.1, -0.05) is 0 Å². The highest BCUT2D eigenvalue weighted by atomic mass is 32.2. The average Bonchev–Trinajstić information content (AvgIpc) is 2.45. The first-order valence-electron chi connectivity index (χ1n) is 6.97. The number of benzene rings is 1. The molecule has 0 heterocycles. The van der Waals surface area contributed by atoms with Crippen LogP contribution < -0.4 is 14.8 Å². The van der Waals surface area contributed by atoms with Crippen molar-refractivity contribution in [1.82, 2.24) is 5.32 Å². The van der Waals surface area contributed by atoms with Crippen molar-refractivity contribution in [2.24, 2.45) is 0 Å². The number of hydrogen-bond acceptors (Lipinski definition) is 5. The normalized spacial score (nSPS) is 11.4. The summed E-state index contributed by atoms with van der Waals surface area (Å²) in [6.07, 6.45) is 0.515. The fourth-order valence-electron chi connectivity index (χ4n) is 1.98. The zero-order valence-corrected chi connectivity index (χ0v) is 14.4. The van der Waals surface area contributed by atoms with Gasteiger partial charge < -0.3 is 14.8 Å². The number of rotatable bonds is 7. The minimum atomic E-state index is -3.48. The van der Waals surface area contributed by atoms with E-state index < -0.39 is 15.1 Å². The quantitative estimate of drug-likeness (QED) is 0.821. The van der Waals surface area contributed by atoms with E-state index in [1.54, 1.807) is 19.9 Å². The Labute approximate surface area is 131 Å². The van der Waals surface area contributed by atoms with Crippen LogP contribution >= 0.6 is 0 Å². The molecule has 0 aliphatic heterocycles. The van der Waals surface area contributed by atoms with E-state index in [2.05, 4.69) is 5.32 Å². The Bertz CT molecular complexity index is 638. The van der Waals surface area contributed by atoms with Crippen LogP contribution in [-0.2, 0) is 21.1 Å². The van der Waals surface area contributed by atoms with Crippen molar-refractivity contribution >= 4 is 15.7 Å². The smallest absolute Gasteiger partial charge is 0.216 e. The van der Waals surface area contributed by atoms with Crippen LogP contribution in [-0.4, -0.2) is 40.3 Å². The van der Waals surface area contributed by atoms with Crippen molar-refractivity contribution in [3.8, 4) is 11.5 Å². The third kappa shape index (κ3) is 4.13. The SMILES string of the molecule is COc1cc(S(=O)(=O)C(C)C)c(OC)cc1CCNC(C)=O. The highest BCUT2D eigenvalue weighted by Crippen LogP contribution is 2.34. The molecule has 1 amide bonds. The fraction of sp³-hybridized carbons (Fsp3) is 0.533. The summed E-state index contributed by atoms with van der Waals surface area (Å²) in [7, 11) is -0.567. The number of carbonyl (C=O) groups excluding carboxylic acids is 1. The van der Waals surface area contributed by atoms with Crippen LogP contribution in [0.2, 0.25) is 0 Å². The van der Waals surface area contributed by atoms with Crippen LogP contribution in [0.4, 0.5) is 0 Å². The molecule has 22 heavy (non-hydrogen) atoms. The summed E-state index contributed by atoms with van der Waals surface area (Å²) in [6, 6.07) is 3.13. The van der Waals surface area contributed by atoms with Crippen molar-refractivity contribution in [3.05, 3.63) is 17.7 Å². The molecule has 124 valence electrons. The standard InChI is InChI=1S/C15H23NO5S/c1-10(2)22(18,19)15-9-13(20-4)12(8-14(15)21-5)6-7-16-11(3)17/h8-10H,6-7H2,1-5H3,(H,16,17). The van der Waals surface area contributed by atoms with E-state index in [0.29, 0.717) is 18.7 Å². The first-order valence-corrected chi connectivity index (χ1v) is 8.51. The second-order valence-electron chi connectivity index (χ2n) is 5.14. The lowest BCUT2D eigenvalue weighted by Crippen LogP contribution is -2.22. The highest BCUT2D eigenvalue weighted by molar-refractivity contribution is 7.92. The largest absolute Gasteiger partial charge is 0.496 e. The maximum atomic E-state index is 12.4. The zero-order chi connectivity index (χ0) is 16.9. The van der Waals surface area contributed by atoms with Crippen LogP contribution in [0.5, 0.6) is 11.5 Å². The molecule has 0 aliphatic rings. The number of sulfone groups is 1. The van der Waals surface area contributed by atoms with Crippen LogP contribution in [0.25, 0.3) is 0 Å². The number of hydrogen-bond donors (Lipinski definition) is 1. The second-order valence-corrected chi connectivity index (χ2v) is 7.61. The van der Waals surface area contributed by atoms with Crippen LogP contribution in [0, 0.1) is 0 Å². The molecule has 0 aliphatic carbocycles.